The summed E-state index contributed by atoms with van der Waals surface area (Å²) >= 11 is 1.53. The zero-order chi connectivity index (χ0) is 8.67. The number of hydrogen-bond acceptors (Lipinski definition) is 3. The third-order valence-electron chi connectivity index (χ3n) is 2.01. The number of aromatic nitrogens is 2. The van der Waals surface area contributed by atoms with Crippen LogP contribution in [0.25, 0.3) is 17.2 Å². The van der Waals surface area contributed by atoms with Crippen molar-refractivity contribution in [2.75, 3.05) is 0 Å². The van der Waals surface area contributed by atoms with Gasteiger partial charge in [0.1, 0.15) is 0 Å². The predicted molar refractivity (Wildman–Crippen MR) is 54.1 cm³/mol. The summed E-state index contributed by atoms with van der Waals surface area (Å²) in [4.78, 5) is 4.47. The largest absolute Gasteiger partial charge is 0.328 e. The van der Waals surface area contributed by atoms with Gasteiger partial charge in [0.2, 0.25) is 0 Å². The first kappa shape index (κ1) is 7.03. The fourth-order valence-electron chi connectivity index (χ4n) is 1.43. The second-order valence-electron chi connectivity index (χ2n) is 2.79. The Hall–Kier alpha value is -1.42. The van der Waals surface area contributed by atoms with Crippen LogP contribution in [0, 0.1) is 0 Å². The Labute approximate surface area is 79.6 Å². The minimum Gasteiger partial charge on any atom is -0.328 e. The van der Waals surface area contributed by atoms with E-state index < -0.39 is 0 Å². The lowest BCUT2D eigenvalue weighted by atomic mass is 10.3. The van der Waals surface area contributed by atoms with Crippen LogP contribution in [0.15, 0.2) is 35.6 Å². The molecule has 0 saturated heterocycles. The first-order valence-electron chi connectivity index (χ1n) is 4.01. The molecule has 64 valence electrons. The van der Waals surface area contributed by atoms with Gasteiger partial charge < -0.3 is 4.72 Å². The monoisotopic (exact) mass is 189 g/mol. The van der Waals surface area contributed by atoms with Gasteiger partial charge in [0.05, 0.1) is 11.0 Å². The van der Waals surface area contributed by atoms with Crippen molar-refractivity contribution in [1.82, 2.24) is 14.3 Å². The molecule has 0 saturated carbocycles. The van der Waals surface area contributed by atoms with Crippen LogP contribution in [0.3, 0.4) is 0 Å². The van der Waals surface area contributed by atoms with E-state index in [0.717, 1.165) is 16.2 Å². The summed E-state index contributed by atoms with van der Waals surface area (Å²) in [5, 5.41) is 0.990. The number of nitrogens with zero attached hydrogens (tertiary/aromatic N) is 2. The molecule has 0 fully saturated rings. The number of rotatable bonds is 0. The summed E-state index contributed by atoms with van der Waals surface area (Å²) in [6.07, 6.45) is 3.90. The van der Waals surface area contributed by atoms with Crippen molar-refractivity contribution in [2.45, 2.75) is 5.16 Å². The Morgan fingerprint density at radius 1 is 1.31 bits per heavy atom. The van der Waals surface area contributed by atoms with Crippen LogP contribution in [0.5, 0.6) is 0 Å². The first-order chi connectivity index (χ1) is 6.45. The summed E-state index contributed by atoms with van der Waals surface area (Å²) < 4.78 is 5.13. The second-order valence-corrected chi connectivity index (χ2v) is 3.59. The molecular weight excluding hydrogens is 182 g/mol. The summed E-state index contributed by atoms with van der Waals surface area (Å²) in [5.41, 5.74) is 2.20. The smallest absolute Gasteiger partial charge is 0.194 e. The fourth-order valence-corrected chi connectivity index (χ4v) is 2.07. The Bertz CT molecular complexity index is 487. The van der Waals surface area contributed by atoms with Crippen molar-refractivity contribution in [3.05, 3.63) is 30.5 Å². The number of para-hydroxylation sites is 2. The van der Waals surface area contributed by atoms with Gasteiger partial charge >= 0.3 is 0 Å². The molecule has 2 heterocycles. The molecule has 0 amide bonds. The van der Waals surface area contributed by atoms with Crippen molar-refractivity contribution in [2.24, 2.45) is 0 Å². The van der Waals surface area contributed by atoms with E-state index in [2.05, 4.69) is 20.3 Å². The van der Waals surface area contributed by atoms with Crippen molar-refractivity contribution in [3.8, 4) is 0 Å². The van der Waals surface area contributed by atoms with Crippen molar-refractivity contribution >= 4 is 29.2 Å². The van der Waals surface area contributed by atoms with Crippen LogP contribution in [-0.4, -0.2) is 9.55 Å². The van der Waals surface area contributed by atoms with E-state index in [1.165, 1.54) is 11.9 Å². The molecule has 3 nitrogen and oxygen atoms in total. The molecule has 1 aliphatic rings. The average Bonchev–Trinajstić information content (AvgIpc) is 2.56. The second kappa shape index (κ2) is 2.53. The molecule has 0 aliphatic carbocycles. The number of hydrogen-bond donors (Lipinski definition) is 1. The molecule has 4 heteroatoms. The van der Waals surface area contributed by atoms with Crippen LogP contribution >= 0.6 is 11.9 Å². The molecule has 1 N–H and O–H groups in total. The maximum Gasteiger partial charge on any atom is 0.194 e. The highest BCUT2D eigenvalue weighted by molar-refractivity contribution is 7.97. The van der Waals surface area contributed by atoms with Gasteiger partial charge in [-0.2, -0.15) is 0 Å². The van der Waals surface area contributed by atoms with E-state index in [1.54, 1.807) is 0 Å². The van der Waals surface area contributed by atoms with Gasteiger partial charge in [-0.1, -0.05) is 12.1 Å². The molecule has 0 atom stereocenters. The first-order valence-corrected chi connectivity index (χ1v) is 4.83. The summed E-state index contributed by atoms with van der Waals surface area (Å²) in [5.74, 6) is 0. The molecule has 13 heavy (non-hydrogen) atoms. The number of fused-ring (bicyclic) bond motifs is 3. The molecule has 0 spiro atoms. The van der Waals surface area contributed by atoms with Crippen molar-refractivity contribution in [1.29, 1.82) is 0 Å². The molecule has 0 unspecified atom stereocenters. The Morgan fingerprint density at radius 2 is 2.23 bits per heavy atom. The number of imidazole rings is 1. The molecule has 0 bridgehead atoms. The van der Waals surface area contributed by atoms with Crippen molar-refractivity contribution in [3.63, 3.8) is 0 Å². The molecular formula is C9H7N3S. The summed E-state index contributed by atoms with van der Waals surface area (Å²) in [6, 6.07) is 8.12. The molecule has 3 rings (SSSR count). The normalized spacial score (nSPS) is 14.2. The number of nitrogens with one attached hydrogen (secondary N) is 1. The minimum absolute atomic E-state index is 0.990. The Kier molecular flexibility index (Phi) is 1.37. The van der Waals surface area contributed by atoms with E-state index in [0.29, 0.717) is 0 Å². The number of benzene rings is 1. The Balaban J connectivity index is 2.42. The molecule has 1 aliphatic heterocycles. The zero-order valence-corrected chi connectivity index (χ0v) is 7.58. The van der Waals surface area contributed by atoms with Crippen molar-refractivity contribution < 1.29 is 0 Å². The standard InChI is InChI=1S/C9H7N3S/c1-2-4-8-7(3-1)11-9-12(8)6-5-10-13-9/h1-6,10H. The maximum atomic E-state index is 4.47. The van der Waals surface area contributed by atoms with Crippen LogP contribution < -0.4 is 4.72 Å². The lowest BCUT2D eigenvalue weighted by Gasteiger charge is -2.07. The predicted octanol–water partition coefficient (Wildman–Crippen LogP) is 2.07. The zero-order valence-electron chi connectivity index (χ0n) is 6.77. The maximum absolute atomic E-state index is 4.47. The average molecular weight is 189 g/mol. The fraction of sp³-hybridized carbons (Fsp3) is 0. The van der Waals surface area contributed by atoms with E-state index in [-0.39, 0.29) is 0 Å². The SMILES string of the molecule is C1=Cn2c(nc3ccccc32)SN1. The van der Waals surface area contributed by atoms with E-state index in [1.807, 2.05) is 30.6 Å². The summed E-state index contributed by atoms with van der Waals surface area (Å²) in [7, 11) is 0. The third-order valence-corrected chi connectivity index (χ3v) is 2.73. The third kappa shape index (κ3) is 0.954. The van der Waals surface area contributed by atoms with Gasteiger partial charge in [0, 0.05) is 24.3 Å². The van der Waals surface area contributed by atoms with Gasteiger partial charge in [-0.25, -0.2) is 4.98 Å². The van der Waals surface area contributed by atoms with Gasteiger partial charge in [-0.15, -0.1) is 0 Å². The van der Waals surface area contributed by atoms with E-state index in [4.69, 9.17) is 0 Å². The topological polar surface area (TPSA) is 29.9 Å². The molecule has 1 aromatic carbocycles. The van der Waals surface area contributed by atoms with Gasteiger partial charge in [-0.05, 0) is 12.1 Å². The summed E-state index contributed by atoms with van der Waals surface area (Å²) in [6.45, 7) is 0. The van der Waals surface area contributed by atoms with Crippen LogP contribution in [0.2, 0.25) is 0 Å². The van der Waals surface area contributed by atoms with Crippen LogP contribution in [-0.2, 0) is 0 Å². The highest BCUT2D eigenvalue weighted by Crippen LogP contribution is 2.24. The van der Waals surface area contributed by atoms with Gasteiger partial charge in [-0.3, -0.25) is 4.57 Å². The molecule has 1 aromatic heterocycles. The highest BCUT2D eigenvalue weighted by atomic mass is 32.2. The van der Waals surface area contributed by atoms with E-state index >= 15 is 0 Å². The highest BCUT2D eigenvalue weighted by Gasteiger charge is 2.10. The quantitative estimate of drug-likeness (QED) is 0.643. The van der Waals surface area contributed by atoms with Gasteiger partial charge in [0.15, 0.2) is 5.16 Å². The van der Waals surface area contributed by atoms with Crippen LogP contribution in [0.4, 0.5) is 0 Å². The lowest BCUT2D eigenvalue weighted by Crippen LogP contribution is -2.02. The lowest BCUT2D eigenvalue weighted by molar-refractivity contribution is 0.946. The minimum atomic E-state index is 0.990. The van der Waals surface area contributed by atoms with Crippen LogP contribution in [0.1, 0.15) is 0 Å². The Morgan fingerprint density at radius 3 is 3.23 bits per heavy atom. The van der Waals surface area contributed by atoms with Gasteiger partial charge in [0.25, 0.3) is 0 Å². The van der Waals surface area contributed by atoms with E-state index in [9.17, 15) is 0 Å². The molecule has 0 radical (unpaired) electrons. The molecule has 2 aromatic rings.